The van der Waals surface area contributed by atoms with E-state index in [0.29, 0.717) is 139 Å². The van der Waals surface area contributed by atoms with Crippen LogP contribution in [0.3, 0.4) is 0 Å². The van der Waals surface area contributed by atoms with Crippen LogP contribution >= 0.6 is 0 Å². The predicted octanol–water partition coefficient (Wildman–Crippen LogP) is 4.19. The summed E-state index contributed by atoms with van der Waals surface area (Å²) in [5.74, 6) is -0.994. The molecule has 0 saturated heterocycles. The van der Waals surface area contributed by atoms with Crippen LogP contribution in [0.1, 0.15) is 71.1 Å². The smallest absolute Gasteiger partial charge is 0.329 e. The van der Waals surface area contributed by atoms with Gasteiger partial charge in [0.25, 0.3) is 0 Å². The maximum absolute atomic E-state index is 10.3. The quantitative estimate of drug-likeness (QED) is 0.0894. The fourth-order valence-corrected chi connectivity index (χ4v) is 4.27. The van der Waals surface area contributed by atoms with Gasteiger partial charge in [-0.3, -0.25) is 0 Å². The normalized spacial score (nSPS) is 11.5. The monoisotopic (exact) mass is 728 g/mol. The number of rotatable bonds is 46. The van der Waals surface area contributed by atoms with E-state index in [1.165, 1.54) is 57.8 Å². The minimum absolute atomic E-state index is 0.243. The Bertz CT molecular complexity index is 632. The molecule has 0 spiro atoms. The zero-order valence-corrected chi connectivity index (χ0v) is 31.3. The fraction of sp³-hybridized carbons (Fsp3) is 0.972. The maximum atomic E-state index is 10.3. The molecule has 0 amide bonds. The first-order valence-electron chi connectivity index (χ1n) is 18.9. The molecule has 0 aliphatic rings. The van der Waals surface area contributed by atoms with E-state index in [0.717, 1.165) is 13.0 Å². The lowest BCUT2D eigenvalue weighted by Gasteiger charge is -2.09. The molecule has 0 unspecified atom stereocenters. The second-order valence-electron chi connectivity index (χ2n) is 11.4. The van der Waals surface area contributed by atoms with Gasteiger partial charge in [0.05, 0.1) is 145 Å². The lowest BCUT2D eigenvalue weighted by Crippen LogP contribution is -2.15. The van der Waals surface area contributed by atoms with Gasteiger partial charge in [-0.15, -0.1) is 0 Å². The molecule has 14 heteroatoms. The summed E-state index contributed by atoms with van der Waals surface area (Å²) in [4.78, 5) is 10.3. The Morgan fingerprint density at radius 3 is 0.740 bits per heavy atom. The fourth-order valence-electron chi connectivity index (χ4n) is 4.27. The van der Waals surface area contributed by atoms with Crippen molar-refractivity contribution in [2.24, 2.45) is 0 Å². The van der Waals surface area contributed by atoms with Crippen molar-refractivity contribution >= 4 is 5.97 Å². The van der Waals surface area contributed by atoms with Crippen molar-refractivity contribution in [3.63, 3.8) is 0 Å². The third-order valence-corrected chi connectivity index (χ3v) is 6.96. The molecular weight excluding hydrogens is 656 g/mol. The van der Waals surface area contributed by atoms with E-state index in [1.54, 1.807) is 0 Å². The molecule has 0 rings (SSSR count). The van der Waals surface area contributed by atoms with Gasteiger partial charge < -0.3 is 61.9 Å². The van der Waals surface area contributed by atoms with E-state index in [9.17, 15) is 4.79 Å². The van der Waals surface area contributed by atoms with E-state index >= 15 is 0 Å². The molecule has 0 heterocycles. The van der Waals surface area contributed by atoms with E-state index in [1.807, 2.05) is 0 Å². The predicted molar refractivity (Wildman–Crippen MR) is 189 cm³/mol. The Kier molecular flexibility index (Phi) is 45.1. The Hall–Kier alpha value is -1.01. The molecule has 0 radical (unpaired) electrons. The van der Waals surface area contributed by atoms with Crippen molar-refractivity contribution in [3.8, 4) is 0 Å². The molecular formula is C36H72O14. The molecule has 0 aliphatic heterocycles. The summed E-state index contributed by atoms with van der Waals surface area (Å²) in [6.45, 7) is 13.6. The number of carboxylic acids is 1. The second-order valence-corrected chi connectivity index (χ2v) is 11.4. The minimum atomic E-state index is -0.994. The molecule has 300 valence electrons. The molecule has 0 aromatic rings. The van der Waals surface area contributed by atoms with Crippen molar-refractivity contribution in [3.05, 3.63) is 0 Å². The number of carbonyl (C=O) groups is 1. The van der Waals surface area contributed by atoms with Crippen LogP contribution in [0.4, 0.5) is 0 Å². The summed E-state index contributed by atoms with van der Waals surface area (Å²) in [5, 5.41) is 8.43. The van der Waals surface area contributed by atoms with Gasteiger partial charge in [0.15, 0.2) is 0 Å². The first-order chi connectivity index (χ1) is 24.8. The van der Waals surface area contributed by atoms with Crippen LogP contribution in [-0.4, -0.2) is 170 Å². The Labute approximate surface area is 302 Å². The van der Waals surface area contributed by atoms with E-state index in [-0.39, 0.29) is 13.2 Å². The zero-order chi connectivity index (χ0) is 36.1. The largest absolute Gasteiger partial charge is 0.480 e. The van der Waals surface area contributed by atoms with Gasteiger partial charge in [-0.25, -0.2) is 4.79 Å². The number of carboxylic acid groups (broad SMARTS) is 1. The van der Waals surface area contributed by atoms with Crippen LogP contribution < -0.4 is 0 Å². The number of aliphatic carboxylic acids is 1. The molecule has 0 bridgehead atoms. The summed E-state index contributed by atoms with van der Waals surface area (Å²) < 4.78 is 65.0. The highest BCUT2D eigenvalue weighted by Crippen LogP contribution is 2.10. The molecule has 14 nitrogen and oxygen atoms in total. The number of ether oxygens (including phenoxy) is 12. The highest BCUT2D eigenvalue weighted by Gasteiger charge is 1.98. The Morgan fingerprint density at radius 1 is 0.300 bits per heavy atom. The summed E-state index contributed by atoms with van der Waals surface area (Å²) in [7, 11) is 0. The minimum Gasteiger partial charge on any atom is -0.480 e. The first kappa shape index (κ1) is 49.0. The molecule has 0 atom stereocenters. The SMILES string of the molecule is CCCCCCCCCCCCOCCOCCOCCOCCOCCOCCOCCOCCOCCOCCOCCOCC(=O)O. The molecule has 50 heavy (non-hydrogen) atoms. The number of hydrogen-bond donors (Lipinski definition) is 1. The van der Waals surface area contributed by atoms with Crippen molar-refractivity contribution in [2.45, 2.75) is 71.1 Å². The molecule has 0 fully saturated rings. The van der Waals surface area contributed by atoms with Crippen LogP contribution in [0.15, 0.2) is 0 Å². The molecule has 0 saturated carbocycles. The maximum Gasteiger partial charge on any atom is 0.329 e. The lowest BCUT2D eigenvalue weighted by molar-refractivity contribution is -0.142. The number of unbranched alkanes of at least 4 members (excludes halogenated alkanes) is 9. The highest BCUT2D eigenvalue weighted by molar-refractivity contribution is 5.67. The molecule has 0 aromatic heterocycles. The standard InChI is InChI=1S/C36H72O14/c1-2-3-4-5-6-7-8-9-10-11-12-39-13-14-40-15-16-41-17-18-42-19-20-43-21-22-44-23-24-45-25-26-46-27-28-47-29-30-48-31-32-49-33-34-50-35-36(37)38/h2-35H2,1H3,(H,37,38). The van der Waals surface area contributed by atoms with Gasteiger partial charge in [-0.2, -0.15) is 0 Å². The summed E-state index contributed by atoms with van der Waals surface area (Å²) in [5.41, 5.74) is 0. The van der Waals surface area contributed by atoms with E-state index in [4.69, 9.17) is 61.9 Å². The van der Waals surface area contributed by atoms with Crippen LogP contribution in [0.25, 0.3) is 0 Å². The van der Waals surface area contributed by atoms with Gasteiger partial charge in [-0.05, 0) is 6.42 Å². The second kappa shape index (κ2) is 46.0. The van der Waals surface area contributed by atoms with Gasteiger partial charge in [0, 0.05) is 6.61 Å². The summed E-state index contributed by atoms with van der Waals surface area (Å²) in [6.07, 6.45) is 13.4. The van der Waals surface area contributed by atoms with Crippen LogP contribution in [0, 0.1) is 0 Å². The Morgan fingerprint density at radius 2 is 0.500 bits per heavy atom. The topological polar surface area (TPSA) is 148 Å². The van der Waals surface area contributed by atoms with Gasteiger partial charge in [0.1, 0.15) is 6.61 Å². The third kappa shape index (κ3) is 47.0. The highest BCUT2D eigenvalue weighted by atomic mass is 16.6. The van der Waals surface area contributed by atoms with Crippen molar-refractivity contribution < 1.29 is 66.7 Å². The van der Waals surface area contributed by atoms with Crippen molar-refractivity contribution in [1.29, 1.82) is 0 Å². The van der Waals surface area contributed by atoms with Gasteiger partial charge in [0.2, 0.25) is 0 Å². The molecule has 0 aliphatic carbocycles. The Balaban J connectivity index is 3.05. The number of hydrogen-bond acceptors (Lipinski definition) is 13. The molecule has 0 aromatic carbocycles. The summed E-state index contributed by atoms with van der Waals surface area (Å²) in [6, 6.07) is 0. The van der Waals surface area contributed by atoms with Crippen LogP contribution in [-0.2, 0) is 61.6 Å². The van der Waals surface area contributed by atoms with E-state index < -0.39 is 5.97 Å². The third-order valence-electron chi connectivity index (χ3n) is 6.96. The van der Waals surface area contributed by atoms with Crippen LogP contribution in [0.5, 0.6) is 0 Å². The molecule has 1 N–H and O–H groups in total. The van der Waals surface area contributed by atoms with Crippen LogP contribution in [0.2, 0.25) is 0 Å². The van der Waals surface area contributed by atoms with E-state index in [2.05, 4.69) is 6.92 Å². The zero-order valence-electron chi connectivity index (χ0n) is 31.3. The average Bonchev–Trinajstić information content (AvgIpc) is 3.11. The lowest BCUT2D eigenvalue weighted by atomic mass is 10.1. The first-order valence-corrected chi connectivity index (χ1v) is 18.9. The van der Waals surface area contributed by atoms with Gasteiger partial charge in [-0.1, -0.05) is 64.7 Å². The average molecular weight is 729 g/mol. The van der Waals surface area contributed by atoms with Gasteiger partial charge >= 0.3 is 5.97 Å². The summed E-state index contributed by atoms with van der Waals surface area (Å²) >= 11 is 0. The van der Waals surface area contributed by atoms with Crippen molar-refractivity contribution in [2.75, 3.05) is 159 Å². The van der Waals surface area contributed by atoms with Crippen molar-refractivity contribution in [1.82, 2.24) is 0 Å².